The number of carbonyl (C=O) groups is 1. The predicted octanol–water partition coefficient (Wildman–Crippen LogP) is 3.60. The van der Waals surface area contributed by atoms with Crippen LogP contribution < -0.4 is 0 Å². The van der Waals surface area contributed by atoms with E-state index in [0.717, 1.165) is 12.8 Å². The molecule has 1 saturated heterocycles. The number of amides is 1. The van der Waals surface area contributed by atoms with Crippen LogP contribution >= 0.6 is 11.3 Å². The molecule has 0 aliphatic carbocycles. The third-order valence-electron chi connectivity index (χ3n) is 4.44. The van der Waals surface area contributed by atoms with E-state index in [-0.39, 0.29) is 23.9 Å². The molecule has 0 saturated carbocycles. The van der Waals surface area contributed by atoms with Crippen LogP contribution in [0.1, 0.15) is 54.1 Å². The Morgan fingerprint density at radius 2 is 1.92 bits per heavy atom. The van der Waals surface area contributed by atoms with Gasteiger partial charge in [-0.1, -0.05) is 0 Å². The number of thiophene rings is 1. The Hall–Kier alpha value is -1.74. The van der Waals surface area contributed by atoms with Crippen LogP contribution in [0.3, 0.4) is 0 Å². The molecule has 1 aliphatic rings. The van der Waals surface area contributed by atoms with Crippen LogP contribution in [0.2, 0.25) is 0 Å². The molecule has 2 aromatic heterocycles. The molecule has 142 valence electrons. The van der Waals surface area contributed by atoms with Crippen molar-refractivity contribution in [2.24, 2.45) is 4.36 Å². The van der Waals surface area contributed by atoms with Gasteiger partial charge in [-0.25, -0.2) is 4.21 Å². The quantitative estimate of drug-likeness (QED) is 0.791. The van der Waals surface area contributed by atoms with E-state index < -0.39 is 9.73 Å². The van der Waals surface area contributed by atoms with Gasteiger partial charge in [0.2, 0.25) is 11.8 Å². The first kappa shape index (κ1) is 19.0. The molecule has 2 aromatic rings. The zero-order chi connectivity index (χ0) is 19.1. The van der Waals surface area contributed by atoms with Crippen LogP contribution in [0.25, 0.3) is 0 Å². The first-order valence-corrected chi connectivity index (χ1v) is 11.7. The van der Waals surface area contributed by atoms with Crippen molar-refractivity contribution in [3.8, 4) is 0 Å². The molecule has 26 heavy (non-hydrogen) atoms. The minimum atomic E-state index is -2.23. The Morgan fingerprint density at radius 1 is 1.27 bits per heavy atom. The monoisotopic (exact) mass is 396 g/mol. The highest BCUT2D eigenvalue weighted by Crippen LogP contribution is 2.36. The van der Waals surface area contributed by atoms with Crippen molar-refractivity contribution in [1.82, 2.24) is 15.1 Å². The molecular formula is C17H24N4O3S2. The second-order valence-electron chi connectivity index (χ2n) is 7.15. The standard InChI is InChI=1S/C17H24N4O3S2/c1-10-8-13(16-19-18-12(3)24-16)9-11(2)21(10)17(22)14-6-7-15(25-14)20-26(4,5)23/h6-7,10-11,13H,8-9H2,1-5H3/t10-,11+,13?. The molecule has 1 amide bonds. The van der Waals surface area contributed by atoms with Gasteiger partial charge < -0.3 is 9.32 Å². The molecular weight excluding hydrogens is 372 g/mol. The van der Waals surface area contributed by atoms with Gasteiger partial charge in [-0.05, 0) is 38.8 Å². The number of hydrogen-bond acceptors (Lipinski definition) is 7. The second kappa shape index (κ2) is 7.11. The van der Waals surface area contributed by atoms with Crippen LogP contribution in [0.4, 0.5) is 5.00 Å². The van der Waals surface area contributed by atoms with Crippen molar-refractivity contribution in [2.75, 3.05) is 12.5 Å². The Kier molecular flexibility index (Phi) is 5.21. The minimum Gasteiger partial charge on any atom is -0.425 e. The summed E-state index contributed by atoms with van der Waals surface area (Å²) in [6.07, 6.45) is 4.75. The minimum absolute atomic E-state index is 0.00434. The predicted molar refractivity (Wildman–Crippen MR) is 103 cm³/mol. The van der Waals surface area contributed by atoms with E-state index in [4.69, 9.17) is 4.42 Å². The number of piperidine rings is 1. The summed E-state index contributed by atoms with van der Waals surface area (Å²) in [7, 11) is -2.23. The number of nitrogens with zero attached hydrogens (tertiary/aromatic N) is 4. The molecule has 3 heterocycles. The van der Waals surface area contributed by atoms with E-state index in [0.29, 0.717) is 21.7 Å². The lowest BCUT2D eigenvalue weighted by Crippen LogP contribution is -2.49. The first-order chi connectivity index (χ1) is 12.1. The maximum absolute atomic E-state index is 13.0. The summed E-state index contributed by atoms with van der Waals surface area (Å²) in [5.41, 5.74) is 0. The topological polar surface area (TPSA) is 88.7 Å². The number of likely N-dealkylation sites (tertiary alicyclic amines) is 1. The number of aromatic nitrogens is 2. The average molecular weight is 397 g/mol. The zero-order valence-corrected chi connectivity index (χ0v) is 17.3. The van der Waals surface area contributed by atoms with E-state index >= 15 is 0 Å². The van der Waals surface area contributed by atoms with Gasteiger partial charge in [0.15, 0.2) is 0 Å². The third kappa shape index (κ3) is 4.15. The van der Waals surface area contributed by atoms with Crippen molar-refractivity contribution >= 4 is 32.0 Å². The fourth-order valence-corrected chi connectivity index (χ4v) is 5.37. The van der Waals surface area contributed by atoms with Crippen molar-refractivity contribution in [1.29, 1.82) is 0 Å². The van der Waals surface area contributed by atoms with Gasteiger partial charge in [0.1, 0.15) is 5.00 Å². The van der Waals surface area contributed by atoms with Crippen molar-refractivity contribution in [3.63, 3.8) is 0 Å². The van der Waals surface area contributed by atoms with E-state index in [1.54, 1.807) is 31.6 Å². The smallest absolute Gasteiger partial charge is 0.264 e. The highest BCUT2D eigenvalue weighted by atomic mass is 32.2. The van der Waals surface area contributed by atoms with E-state index in [9.17, 15) is 9.00 Å². The molecule has 1 fully saturated rings. The van der Waals surface area contributed by atoms with Gasteiger partial charge in [0.05, 0.1) is 4.88 Å². The van der Waals surface area contributed by atoms with Gasteiger partial charge in [0, 0.05) is 47.2 Å². The van der Waals surface area contributed by atoms with Gasteiger partial charge >= 0.3 is 0 Å². The summed E-state index contributed by atoms with van der Waals surface area (Å²) in [6.45, 7) is 5.88. The fourth-order valence-electron chi connectivity index (χ4n) is 3.50. The van der Waals surface area contributed by atoms with Gasteiger partial charge in [-0.15, -0.1) is 21.5 Å². The Labute approximate surface area is 158 Å². The van der Waals surface area contributed by atoms with Crippen LogP contribution in [0.5, 0.6) is 0 Å². The Balaban J connectivity index is 1.77. The first-order valence-electron chi connectivity index (χ1n) is 8.53. The van der Waals surface area contributed by atoms with Crippen LogP contribution in [0.15, 0.2) is 20.9 Å². The van der Waals surface area contributed by atoms with Gasteiger partial charge in [-0.3, -0.25) is 4.79 Å². The molecule has 1 aliphatic heterocycles. The summed E-state index contributed by atoms with van der Waals surface area (Å²) in [5.74, 6) is 1.39. The summed E-state index contributed by atoms with van der Waals surface area (Å²) >= 11 is 1.29. The lowest BCUT2D eigenvalue weighted by molar-refractivity contribution is 0.0465. The van der Waals surface area contributed by atoms with Crippen molar-refractivity contribution in [2.45, 2.75) is 51.6 Å². The molecule has 1 unspecified atom stereocenters. The molecule has 0 spiro atoms. The highest BCUT2D eigenvalue weighted by molar-refractivity contribution is 7.92. The van der Waals surface area contributed by atoms with E-state index in [1.807, 2.05) is 18.7 Å². The molecule has 9 heteroatoms. The maximum Gasteiger partial charge on any atom is 0.264 e. The zero-order valence-electron chi connectivity index (χ0n) is 15.6. The molecule has 0 bridgehead atoms. The van der Waals surface area contributed by atoms with Crippen molar-refractivity contribution in [3.05, 3.63) is 28.8 Å². The third-order valence-corrected chi connectivity index (χ3v) is 6.16. The molecule has 0 N–H and O–H groups in total. The lowest BCUT2D eigenvalue weighted by atomic mass is 9.87. The molecule has 0 aromatic carbocycles. The SMILES string of the molecule is Cc1nnc(C2C[C@@H](C)N(C(=O)c3ccc(N=S(C)(C)=O)s3)[C@@H](C)C2)o1. The maximum atomic E-state index is 13.0. The summed E-state index contributed by atoms with van der Waals surface area (Å²) in [4.78, 5) is 15.6. The molecule has 3 atom stereocenters. The van der Waals surface area contributed by atoms with Crippen LogP contribution in [0, 0.1) is 6.92 Å². The molecule has 7 nitrogen and oxygen atoms in total. The largest absolute Gasteiger partial charge is 0.425 e. The lowest BCUT2D eigenvalue weighted by Gasteiger charge is -2.41. The van der Waals surface area contributed by atoms with E-state index in [1.165, 1.54) is 11.3 Å². The molecule has 3 rings (SSSR count). The fraction of sp³-hybridized carbons (Fsp3) is 0.588. The molecule has 0 radical (unpaired) electrons. The summed E-state index contributed by atoms with van der Waals surface area (Å²) in [6, 6.07) is 3.65. The number of rotatable bonds is 3. The van der Waals surface area contributed by atoms with Crippen molar-refractivity contribution < 1.29 is 13.4 Å². The number of carbonyl (C=O) groups excluding carboxylic acids is 1. The number of hydrogen-bond donors (Lipinski definition) is 0. The normalized spacial score (nSPS) is 23.9. The summed E-state index contributed by atoms with van der Waals surface area (Å²) < 4.78 is 21.6. The van der Waals surface area contributed by atoms with Crippen LogP contribution in [-0.2, 0) is 9.73 Å². The van der Waals surface area contributed by atoms with Crippen LogP contribution in [-0.4, -0.2) is 49.8 Å². The average Bonchev–Trinajstić information content (AvgIpc) is 3.13. The Morgan fingerprint density at radius 3 is 2.46 bits per heavy atom. The number of aryl methyl sites for hydroxylation is 1. The summed E-state index contributed by atoms with van der Waals surface area (Å²) in [5, 5.41) is 8.69. The van der Waals surface area contributed by atoms with Gasteiger partial charge in [0.25, 0.3) is 5.91 Å². The highest BCUT2D eigenvalue weighted by Gasteiger charge is 2.37. The van der Waals surface area contributed by atoms with Gasteiger partial charge in [-0.2, -0.15) is 4.36 Å². The Bertz CT molecular complexity index is 906. The van der Waals surface area contributed by atoms with E-state index in [2.05, 4.69) is 14.6 Å². The second-order valence-corrected chi connectivity index (χ2v) is 10.8.